The average Bonchev–Trinajstić information content (AvgIpc) is 2.77. The Hall–Kier alpha value is -1.82. The fourth-order valence-electron chi connectivity index (χ4n) is 3.06. The molecule has 0 radical (unpaired) electrons. The summed E-state index contributed by atoms with van der Waals surface area (Å²) in [6.07, 6.45) is -7.53. The van der Waals surface area contributed by atoms with Crippen LogP contribution in [-0.4, -0.2) is 70.8 Å². The van der Waals surface area contributed by atoms with Gasteiger partial charge in [0.05, 0.1) is 21.7 Å². The standard InChI is InChI=1S/C28H44Cl3NO10/c1-24(2,3)20(34)38-13-14-15(40-21(35)25(4,5)6)16(41-22(36)26(7,8)9)17(42-23(37)27(10,11)12)18(39-14)32-19(33)28(29,30)31/h14-18H,13H2,1-12H3,(H,32,33)/t14-,15-,16+,17-,18+/m1/s1. The van der Waals surface area contributed by atoms with Crippen molar-refractivity contribution in [3.05, 3.63) is 0 Å². The Morgan fingerprint density at radius 1 is 0.595 bits per heavy atom. The van der Waals surface area contributed by atoms with Crippen LogP contribution in [0.2, 0.25) is 0 Å². The van der Waals surface area contributed by atoms with Crippen LogP contribution < -0.4 is 5.32 Å². The molecule has 0 aromatic rings. The lowest BCUT2D eigenvalue weighted by Crippen LogP contribution is -2.67. The minimum atomic E-state index is -2.46. The van der Waals surface area contributed by atoms with Gasteiger partial charge in [0.15, 0.2) is 24.5 Å². The van der Waals surface area contributed by atoms with E-state index in [1.165, 1.54) is 0 Å². The van der Waals surface area contributed by atoms with Gasteiger partial charge >= 0.3 is 23.9 Å². The zero-order chi connectivity index (χ0) is 33.2. The Morgan fingerprint density at radius 2 is 0.952 bits per heavy atom. The Bertz CT molecular complexity index is 1030. The first-order valence-corrected chi connectivity index (χ1v) is 14.5. The van der Waals surface area contributed by atoms with E-state index in [0.717, 1.165) is 0 Å². The van der Waals surface area contributed by atoms with E-state index in [-0.39, 0.29) is 0 Å². The quantitative estimate of drug-likeness (QED) is 0.243. The van der Waals surface area contributed by atoms with E-state index in [4.69, 9.17) is 58.5 Å². The maximum Gasteiger partial charge on any atom is 0.311 e. The van der Waals surface area contributed by atoms with E-state index < -0.39 is 92.5 Å². The summed E-state index contributed by atoms with van der Waals surface area (Å²) in [7, 11) is 0. The van der Waals surface area contributed by atoms with Gasteiger partial charge in [-0.25, -0.2) is 0 Å². The van der Waals surface area contributed by atoms with Crippen LogP contribution in [0.3, 0.4) is 0 Å². The van der Waals surface area contributed by atoms with E-state index >= 15 is 0 Å². The van der Waals surface area contributed by atoms with E-state index in [1.54, 1.807) is 83.1 Å². The van der Waals surface area contributed by atoms with Crippen LogP contribution in [0.15, 0.2) is 0 Å². The smallest absolute Gasteiger partial charge is 0.311 e. The van der Waals surface area contributed by atoms with Gasteiger partial charge in [0.2, 0.25) is 0 Å². The molecule has 1 aliphatic heterocycles. The molecule has 0 aromatic carbocycles. The third kappa shape index (κ3) is 11.0. The van der Waals surface area contributed by atoms with Crippen molar-refractivity contribution < 1.29 is 47.7 Å². The van der Waals surface area contributed by atoms with Crippen molar-refractivity contribution in [1.82, 2.24) is 5.32 Å². The molecular formula is C28H44Cl3NO10. The maximum absolute atomic E-state index is 13.2. The van der Waals surface area contributed by atoms with Crippen LogP contribution in [-0.2, 0) is 47.7 Å². The van der Waals surface area contributed by atoms with E-state index in [0.29, 0.717) is 0 Å². The second-order valence-corrected chi connectivity index (χ2v) is 16.6. The average molecular weight is 661 g/mol. The molecule has 0 aliphatic carbocycles. The molecule has 1 fully saturated rings. The summed E-state index contributed by atoms with van der Waals surface area (Å²) in [5.74, 6) is -3.99. The van der Waals surface area contributed by atoms with Gasteiger partial charge in [-0.3, -0.25) is 24.0 Å². The third-order valence-corrected chi connectivity index (χ3v) is 6.24. The number of esters is 4. The number of carbonyl (C=O) groups excluding carboxylic acids is 5. The molecular weight excluding hydrogens is 617 g/mol. The lowest BCUT2D eigenvalue weighted by Gasteiger charge is -2.46. The molecule has 5 atom stereocenters. The van der Waals surface area contributed by atoms with Gasteiger partial charge in [-0.1, -0.05) is 34.8 Å². The van der Waals surface area contributed by atoms with Gasteiger partial charge in [-0.2, -0.15) is 0 Å². The number of carbonyl (C=O) groups is 5. The van der Waals surface area contributed by atoms with Gasteiger partial charge in [0, 0.05) is 0 Å². The van der Waals surface area contributed by atoms with Crippen LogP contribution >= 0.6 is 34.8 Å². The first kappa shape index (κ1) is 38.2. The molecule has 1 N–H and O–H groups in total. The van der Waals surface area contributed by atoms with Crippen molar-refractivity contribution in [2.45, 2.75) is 118 Å². The van der Waals surface area contributed by atoms with Crippen molar-refractivity contribution in [3.63, 3.8) is 0 Å². The molecule has 0 aromatic heterocycles. The summed E-state index contributed by atoms with van der Waals surface area (Å²) in [4.78, 5) is 64.8. The van der Waals surface area contributed by atoms with Crippen LogP contribution in [0.5, 0.6) is 0 Å². The molecule has 0 unspecified atom stereocenters. The SMILES string of the molecule is CC(C)(C)C(=O)OC[C@H]1O[C@H](NC(=O)C(Cl)(Cl)Cl)[C@H](OC(=O)C(C)(C)C)[C@@H](OC(=O)C(C)(C)C)[C@@H]1OC(=O)C(C)(C)C. The number of hydrogen-bond acceptors (Lipinski definition) is 10. The predicted octanol–water partition coefficient (Wildman–Crippen LogP) is 4.66. The molecule has 14 heteroatoms. The summed E-state index contributed by atoms with van der Waals surface area (Å²) < 4.78 is 26.5. The second-order valence-electron chi connectivity index (χ2n) is 14.3. The zero-order valence-corrected chi connectivity index (χ0v) is 28.6. The topological polar surface area (TPSA) is 144 Å². The van der Waals surface area contributed by atoms with E-state index in [2.05, 4.69) is 5.32 Å². The van der Waals surface area contributed by atoms with Gasteiger partial charge in [0.25, 0.3) is 9.70 Å². The zero-order valence-electron chi connectivity index (χ0n) is 26.3. The Kier molecular flexibility index (Phi) is 12.2. The maximum atomic E-state index is 13.2. The molecule has 11 nitrogen and oxygen atoms in total. The molecule has 1 rings (SSSR count). The van der Waals surface area contributed by atoms with Gasteiger partial charge in [0.1, 0.15) is 12.7 Å². The monoisotopic (exact) mass is 659 g/mol. The molecule has 242 valence electrons. The molecule has 1 amide bonds. The highest BCUT2D eigenvalue weighted by Gasteiger charge is 2.55. The van der Waals surface area contributed by atoms with Gasteiger partial charge in [-0.05, 0) is 83.1 Å². The van der Waals surface area contributed by atoms with E-state index in [9.17, 15) is 24.0 Å². The number of hydrogen-bond donors (Lipinski definition) is 1. The molecule has 0 spiro atoms. The molecule has 0 saturated carbocycles. The number of halogens is 3. The van der Waals surface area contributed by atoms with Crippen molar-refractivity contribution in [2.24, 2.45) is 21.7 Å². The highest BCUT2D eigenvalue weighted by atomic mass is 35.6. The highest BCUT2D eigenvalue weighted by molar-refractivity contribution is 6.76. The summed E-state index contributed by atoms with van der Waals surface area (Å²) in [5, 5.41) is 2.35. The minimum absolute atomic E-state index is 0.498. The summed E-state index contributed by atoms with van der Waals surface area (Å²) >= 11 is 17.3. The number of amides is 1. The Labute approximate surface area is 262 Å². The van der Waals surface area contributed by atoms with Crippen LogP contribution in [0, 0.1) is 21.7 Å². The predicted molar refractivity (Wildman–Crippen MR) is 156 cm³/mol. The summed E-state index contributed by atoms with van der Waals surface area (Å²) in [5.41, 5.74) is -4.04. The van der Waals surface area contributed by atoms with Gasteiger partial charge in [-0.15, -0.1) is 0 Å². The molecule has 1 heterocycles. The molecule has 1 saturated heterocycles. The lowest BCUT2D eigenvalue weighted by atomic mass is 9.92. The second kappa shape index (κ2) is 13.4. The first-order chi connectivity index (χ1) is 18.6. The summed E-state index contributed by atoms with van der Waals surface area (Å²) in [6, 6.07) is 0. The first-order valence-electron chi connectivity index (χ1n) is 13.4. The fraction of sp³-hybridized carbons (Fsp3) is 0.821. The van der Waals surface area contributed by atoms with Crippen LogP contribution in [0.4, 0.5) is 0 Å². The van der Waals surface area contributed by atoms with Crippen molar-refractivity contribution in [3.8, 4) is 0 Å². The Morgan fingerprint density at radius 3 is 1.31 bits per heavy atom. The van der Waals surface area contributed by atoms with Gasteiger partial charge < -0.3 is 29.0 Å². The molecule has 0 bridgehead atoms. The van der Waals surface area contributed by atoms with Crippen molar-refractivity contribution in [1.29, 1.82) is 0 Å². The number of alkyl halides is 3. The van der Waals surface area contributed by atoms with Crippen molar-refractivity contribution in [2.75, 3.05) is 6.61 Å². The molecule has 42 heavy (non-hydrogen) atoms. The molecule has 1 aliphatic rings. The normalized spacial score (nSPS) is 23.8. The fourth-order valence-corrected chi connectivity index (χ4v) is 3.22. The number of rotatable bonds is 6. The third-order valence-electron chi connectivity index (χ3n) is 5.72. The van der Waals surface area contributed by atoms with Crippen molar-refractivity contribution >= 4 is 64.6 Å². The highest BCUT2D eigenvalue weighted by Crippen LogP contribution is 2.34. The summed E-state index contributed by atoms with van der Waals surface area (Å²) in [6.45, 7) is 18.7. The number of nitrogens with one attached hydrogen (secondary N) is 1. The Balaban J connectivity index is 3.82. The van der Waals surface area contributed by atoms with E-state index in [1.807, 2.05) is 0 Å². The largest absolute Gasteiger partial charge is 0.462 e. The van der Waals surface area contributed by atoms with Crippen LogP contribution in [0.1, 0.15) is 83.1 Å². The van der Waals surface area contributed by atoms with Crippen LogP contribution in [0.25, 0.3) is 0 Å². The number of ether oxygens (including phenoxy) is 5. The lowest BCUT2D eigenvalue weighted by molar-refractivity contribution is -0.264. The minimum Gasteiger partial charge on any atom is -0.462 e.